The molecule has 0 radical (unpaired) electrons. The SMILES string of the molecule is Cc1ccc(CC(=O)N/N=C/c2ccc(N(C)C)c(Br)c2)c(C)c1. The van der Waals surface area contributed by atoms with Gasteiger partial charge in [-0.3, -0.25) is 4.79 Å². The molecule has 5 heteroatoms. The summed E-state index contributed by atoms with van der Waals surface area (Å²) in [6.45, 7) is 4.06. The lowest BCUT2D eigenvalue weighted by Crippen LogP contribution is -2.20. The summed E-state index contributed by atoms with van der Waals surface area (Å²) >= 11 is 3.54. The summed E-state index contributed by atoms with van der Waals surface area (Å²) < 4.78 is 0.984. The average molecular weight is 388 g/mol. The number of rotatable bonds is 5. The van der Waals surface area contributed by atoms with Crippen LogP contribution >= 0.6 is 15.9 Å². The average Bonchev–Trinajstić information content (AvgIpc) is 2.50. The van der Waals surface area contributed by atoms with Gasteiger partial charge in [-0.1, -0.05) is 29.8 Å². The van der Waals surface area contributed by atoms with E-state index in [0.29, 0.717) is 6.42 Å². The fourth-order valence-corrected chi connectivity index (χ4v) is 3.15. The molecule has 126 valence electrons. The van der Waals surface area contributed by atoms with Crippen LogP contribution in [0.25, 0.3) is 0 Å². The van der Waals surface area contributed by atoms with Crippen molar-refractivity contribution >= 4 is 33.7 Å². The molecule has 0 heterocycles. The quantitative estimate of drug-likeness (QED) is 0.625. The normalized spacial score (nSPS) is 10.9. The van der Waals surface area contributed by atoms with Crippen molar-refractivity contribution in [2.45, 2.75) is 20.3 Å². The van der Waals surface area contributed by atoms with Crippen LogP contribution in [0.15, 0.2) is 46.0 Å². The van der Waals surface area contributed by atoms with Gasteiger partial charge in [-0.25, -0.2) is 5.43 Å². The molecule has 0 saturated carbocycles. The molecule has 0 aliphatic heterocycles. The van der Waals surface area contributed by atoms with Gasteiger partial charge in [0.25, 0.3) is 0 Å². The minimum absolute atomic E-state index is 0.123. The lowest BCUT2D eigenvalue weighted by molar-refractivity contribution is -0.120. The lowest BCUT2D eigenvalue weighted by atomic mass is 10.0. The maximum atomic E-state index is 12.0. The Labute approximate surface area is 151 Å². The number of nitrogens with one attached hydrogen (secondary N) is 1. The van der Waals surface area contributed by atoms with Gasteiger partial charge in [-0.2, -0.15) is 5.10 Å². The second kappa shape index (κ2) is 8.11. The van der Waals surface area contributed by atoms with Crippen molar-refractivity contribution in [3.05, 3.63) is 63.1 Å². The second-order valence-electron chi connectivity index (χ2n) is 6.01. The molecule has 2 rings (SSSR count). The molecule has 0 aliphatic rings. The van der Waals surface area contributed by atoms with Crippen molar-refractivity contribution in [3.8, 4) is 0 Å². The van der Waals surface area contributed by atoms with Gasteiger partial charge in [-0.15, -0.1) is 0 Å². The number of benzene rings is 2. The largest absolute Gasteiger partial charge is 0.377 e. The van der Waals surface area contributed by atoms with Crippen LogP contribution in [0, 0.1) is 13.8 Å². The smallest absolute Gasteiger partial charge is 0.244 e. The van der Waals surface area contributed by atoms with E-state index in [0.717, 1.165) is 26.9 Å². The summed E-state index contributed by atoms with van der Waals surface area (Å²) in [6, 6.07) is 12.0. The van der Waals surface area contributed by atoms with E-state index in [1.54, 1.807) is 6.21 Å². The molecular weight excluding hydrogens is 366 g/mol. The predicted octanol–water partition coefficient (Wildman–Crippen LogP) is 3.82. The number of aryl methyl sites for hydroxylation is 2. The molecule has 1 amide bonds. The first kappa shape index (κ1) is 18.2. The second-order valence-corrected chi connectivity index (χ2v) is 6.86. The van der Waals surface area contributed by atoms with Gasteiger partial charge in [0.1, 0.15) is 0 Å². The first-order valence-electron chi connectivity index (χ1n) is 7.71. The van der Waals surface area contributed by atoms with Crippen LogP contribution in [0.5, 0.6) is 0 Å². The third-order valence-electron chi connectivity index (χ3n) is 3.71. The van der Waals surface area contributed by atoms with Gasteiger partial charge in [0.05, 0.1) is 18.3 Å². The van der Waals surface area contributed by atoms with Gasteiger partial charge in [-0.05, 0) is 58.6 Å². The molecule has 0 bridgehead atoms. The molecular formula is C19H22BrN3O. The molecule has 1 N–H and O–H groups in total. The third-order valence-corrected chi connectivity index (χ3v) is 4.34. The van der Waals surface area contributed by atoms with Crippen molar-refractivity contribution in [3.63, 3.8) is 0 Å². The Morgan fingerprint density at radius 2 is 1.96 bits per heavy atom. The van der Waals surface area contributed by atoms with E-state index < -0.39 is 0 Å². The Morgan fingerprint density at radius 1 is 1.21 bits per heavy atom. The molecule has 0 aromatic heterocycles. The number of halogens is 1. The number of nitrogens with zero attached hydrogens (tertiary/aromatic N) is 2. The van der Waals surface area contributed by atoms with Gasteiger partial charge < -0.3 is 4.90 Å². The maximum absolute atomic E-state index is 12.0. The Balaban J connectivity index is 1.96. The minimum atomic E-state index is -0.123. The van der Waals surface area contributed by atoms with Crippen LogP contribution < -0.4 is 10.3 Å². The Bertz CT molecular complexity index is 769. The van der Waals surface area contributed by atoms with E-state index in [4.69, 9.17) is 0 Å². The lowest BCUT2D eigenvalue weighted by Gasteiger charge is -2.14. The van der Waals surface area contributed by atoms with E-state index in [1.807, 2.05) is 63.2 Å². The summed E-state index contributed by atoms with van der Waals surface area (Å²) in [5, 5.41) is 4.04. The fraction of sp³-hybridized carbons (Fsp3) is 0.263. The summed E-state index contributed by atoms with van der Waals surface area (Å²) in [7, 11) is 3.97. The first-order valence-corrected chi connectivity index (χ1v) is 8.51. The molecule has 0 unspecified atom stereocenters. The van der Waals surface area contributed by atoms with Crippen molar-refractivity contribution in [2.75, 3.05) is 19.0 Å². The van der Waals surface area contributed by atoms with Gasteiger partial charge in [0.15, 0.2) is 0 Å². The Morgan fingerprint density at radius 3 is 2.58 bits per heavy atom. The van der Waals surface area contributed by atoms with Crippen molar-refractivity contribution in [1.29, 1.82) is 0 Å². The maximum Gasteiger partial charge on any atom is 0.244 e. The van der Waals surface area contributed by atoms with Crippen LogP contribution in [-0.2, 0) is 11.2 Å². The van der Waals surface area contributed by atoms with E-state index in [9.17, 15) is 4.79 Å². The highest BCUT2D eigenvalue weighted by Crippen LogP contribution is 2.25. The molecule has 0 aliphatic carbocycles. The number of amides is 1. The van der Waals surface area contributed by atoms with Crippen LogP contribution in [0.1, 0.15) is 22.3 Å². The zero-order valence-corrected chi connectivity index (χ0v) is 16.0. The molecule has 2 aromatic carbocycles. The number of anilines is 1. The number of carbonyl (C=O) groups is 1. The van der Waals surface area contributed by atoms with E-state index in [2.05, 4.69) is 32.5 Å². The molecule has 4 nitrogen and oxygen atoms in total. The number of hydrogen-bond acceptors (Lipinski definition) is 3. The summed E-state index contributed by atoms with van der Waals surface area (Å²) in [5.74, 6) is -0.123. The zero-order chi connectivity index (χ0) is 17.7. The molecule has 24 heavy (non-hydrogen) atoms. The van der Waals surface area contributed by atoms with Gasteiger partial charge in [0, 0.05) is 18.6 Å². The Kier molecular flexibility index (Phi) is 6.15. The molecule has 0 spiro atoms. The molecule has 0 atom stereocenters. The fourth-order valence-electron chi connectivity index (χ4n) is 2.40. The summed E-state index contributed by atoms with van der Waals surface area (Å²) in [6.07, 6.45) is 1.97. The van der Waals surface area contributed by atoms with Gasteiger partial charge in [0.2, 0.25) is 5.91 Å². The minimum Gasteiger partial charge on any atom is -0.377 e. The summed E-state index contributed by atoms with van der Waals surface area (Å²) in [4.78, 5) is 14.0. The number of hydrazone groups is 1. The highest BCUT2D eigenvalue weighted by molar-refractivity contribution is 9.10. The standard InChI is InChI=1S/C19H22BrN3O/c1-13-5-7-16(14(2)9-13)11-19(24)22-21-12-15-6-8-18(23(3)4)17(20)10-15/h5-10,12H,11H2,1-4H3,(H,22,24)/b21-12+. The third kappa shape index (κ3) is 4.93. The van der Waals surface area contributed by atoms with Gasteiger partial charge >= 0.3 is 0 Å². The molecule has 0 saturated heterocycles. The van der Waals surface area contributed by atoms with E-state index in [-0.39, 0.29) is 5.91 Å². The number of hydrogen-bond donors (Lipinski definition) is 1. The molecule has 0 fully saturated rings. The van der Waals surface area contributed by atoms with Crippen molar-refractivity contribution in [1.82, 2.24) is 5.43 Å². The topological polar surface area (TPSA) is 44.7 Å². The van der Waals surface area contributed by atoms with Crippen molar-refractivity contribution < 1.29 is 4.79 Å². The monoisotopic (exact) mass is 387 g/mol. The van der Waals surface area contributed by atoms with Crippen LogP contribution in [0.2, 0.25) is 0 Å². The van der Waals surface area contributed by atoms with Crippen LogP contribution in [0.4, 0.5) is 5.69 Å². The highest BCUT2D eigenvalue weighted by atomic mass is 79.9. The Hall–Kier alpha value is -2.14. The molecule has 2 aromatic rings. The first-order chi connectivity index (χ1) is 11.4. The van der Waals surface area contributed by atoms with E-state index >= 15 is 0 Å². The van der Waals surface area contributed by atoms with Crippen molar-refractivity contribution in [2.24, 2.45) is 5.10 Å². The zero-order valence-electron chi connectivity index (χ0n) is 14.4. The summed E-state index contributed by atoms with van der Waals surface area (Å²) in [5.41, 5.74) is 7.93. The van der Waals surface area contributed by atoms with E-state index in [1.165, 1.54) is 5.56 Å². The predicted molar refractivity (Wildman–Crippen MR) is 104 cm³/mol. The van der Waals surface area contributed by atoms with Crippen LogP contribution in [-0.4, -0.2) is 26.2 Å². The van der Waals surface area contributed by atoms with Crippen LogP contribution in [0.3, 0.4) is 0 Å². The number of carbonyl (C=O) groups excluding carboxylic acids is 1. The highest BCUT2D eigenvalue weighted by Gasteiger charge is 2.05.